The van der Waals surface area contributed by atoms with E-state index in [0.717, 1.165) is 27.9 Å². The van der Waals surface area contributed by atoms with Gasteiger partial charge in [0.05, 0.1) is 12.3 Å². The second kappa shape index (κ2) is 10.2. The van der Waals surface area contributed by atoms with Crippen LogP contribution in [0.1, 0.15) is 36.6 Å². The molecule has 1 aliphatic heterocycles. The van der Waals surface area contributed by atoms with Crippen LogP contribution < -0.4 is 4.74 Å². The fourth-order valence-electron chi connectivity index (χ4n) is 4.17. The largest absolute Gasteiger partial charge is 0.443 e. The zero-order chi connectivity index (χ0) is 24.4. The van der Waals surface area contributed by atoms with E-state index in [9.17, 15) is 20.4 Å². The number of hydrogen-bond donors (Lipinski definition) is 4. The summed E-state index contributed by atoms with van der Waals surface area (Å²) in [6.07, 6.45) is -6.37. The molecule has 2 heterocycles. The molecule has 2 aromatic carbocycles. The van der Waals surface area contributed by atoms with E-state index >= 15 is 0 Å². The van der Waals surface area contributed by atoms with Crippen LogP contribution in [-0.4, -0.2) is 67.5 Å². The Morgan fingerprint density at radius 3 is 2.26 bits per heavy atom. The fourth-order valence-corrected chi connectivity index (χ4v) is 4.17. The third-order valence-corrected chi connectivity index (χ3v) is 6.09. The van der Waals surface area contributed by atoms with Crippen LogP contribution in [0.5, 0.6) is 5.88 Å². The van der Waals surface area contributed by atoms with Crippen molar-refractivity contribution in [3.05, 3.63) is 71.3 Å². The van der Waals surface area contributed by atoms with Gasteiger partial charge in [0.15, 0.2) is 0 Å². The topological polar surface area (TPSA) is 117 Å². The van der Waals surface area contributed by atoms with Crippen molar-refractivity contribution in [3.63, 3.8) is 0 Å². The number of aliphatic hydroxyl groups excluding tert-OH is 4. The Morgan fingerprint density at radius 1 is 0.971 bits per heavy atom. The molecule has 0 saturated carbocycles. The SMILES string of the molecule is Cc1ccc(-c2c(Cc3ccccc3)c(O[C@@H]3O[C@H](CO)[C@@H](O)[C@H](O)[C@H]3O)nn2C(C)C)cc1. The number of rotatable bonds is 7. The minimum atomic E-state index is -1.53. The average molecular weight is 469 g/mol. The van der Waals surface area contributed by atoms with Crippen LogP contribution in [0, 0.1) is 6.92 Å². The highest BCUT2D eigenvalue weighted by molar-refractivity contribution is 5.67. The zero-order valence-electron chi connectivity index (χ0n) is 19.6. The molecule has 0 aliphatic carbocycles. The highest BCUT2D eigenvalue weighted by atomic mass is 16.7. The monoisotopic (exact) mass is 468 g/mol. The van der Waals surface area contributed by atoms with Crippen LogP contribution in [0.3, 0.4) is 0 Å². The Bertz CT molecular complexity index is 1080. The highest BCUT2D eigenvalue weighted by Crippen LogP contribution is 2.36. The van der Waals surface area contributed by atoms with Gasteiger partial charge in [-0.15, -0.1) is 5.10 Å². The molecule has 0 bridgehead atoms. The van der Waals surface area contributed by atoms with E-state index in [1.807, 2.05) is 80.1 Å². The summed E-state index contributed by atoms with van der Waals surface area (Å²) in [7, 11) is 0. The maximum absolute atomic E-state index is 10.5. The summed E-state index contributed by atoms with van der Waals surface area (Å²) >= 11 is 0. The molecule has 4 rings (SSSR count). The number of nitrogens with zero attached hydrogens (tertiary/aromatic N) is 2. The molecular weight excluding hydrogens is 436 g/mol. The number of ether oxygens (including phenoxy) is 2. The lowest BCUT2D eigenvalue weighted by Crippen LogP contribution is -2.60. The van der Waals surface area contributed by atoms with E-state index in [1.54, 1.807) is 0 Å². The molecule has 3 aromatic rings. The maximum Gasteiger partial charge on any atom is 0.239 e. The molecule has 8 nitrogen and oxygen atoms in total. The molecule has 0 radical (unpaired) electrons. The molecule has 182 valence electrons. The van der Waals surface area contributed by atoms with Gasteiger partial charge in [0.25, 0.3) is 0 Å². The Kier molecular flexibility index (Phi) is 7.35. The van der Waals surface area contributed by atoms with Crippen LogP contribution in [0.15, 0.2) is 54.6 Å². The van der Waals surface area contributed by atoms with Crippen molar-refractivity contribution in [2.24, 2.45) is 0 Å². The van der Waals surface area contributed by atoms with Crippen molar-refractivity contribution in [2.45, 2.75) is 63.9 Å². The first-order chi connectivity index (χ1) is 16.3. The third kappa shape index (κ3) is 4.87. The molecule has 0 spiro atoms. The number of benzene rings is 2. The highest BCUT2D eigenvalue weighted by Gasteiger charge is 2.45. The molecule has 5 atom stereocenters. The summed E-state index contributed by atoms with van der Waals surface area (Å²) in [5, 5.41) is 45.1. The van der Waals surface area contributed by atoms with Gasteiger partial charge in [-0.1, -0.05) is 60.2 Å². The van der Waals surface area contributed by atoms with E-state index < -0.39 is 37.3 Å². The second-order valence-electron chi connectivity index (χ2n) is 9.01. The number of hydrogen-bond acceptors (Lipinski definition) is 7. The van der Waals surface area contributed by atoms with Gasteiger partial charge in [0.1, 0.15) is 24.4 Å². The normalized spacial score (nSPS) is 25.0. The van der Waals surface area contributed by atoms with E-state index in [0.29, 0.717) is 6.42 Å². The van der Waals surface area contributed by atoms with Crippen LogP contribution in [0.4, 0.5) is 0 Å². The summed E-state index contributed by atoms with van der Waals surface area (Å²) in [6.45, 7) is 5.54. The zero-order valence-corrected chi connectivity index (χ0v) is 19.6. The number of aryl methyl sites for hydroxylation is 1. The molecule has 34 heavy (non-hydrogen) atoms. The van der Waals surface area contributed by atoms with Gasteiger partial charge in [-0.05, 0) is 26.3 Å². The van der Waals surface area contributed by atoms with Crippen molar-refractivity contribution in [1.29, 1.82) is 0 Å². The predicted molar refractivity (Wildman–Crippen MR) is 126 cm³/mol. The van der Waals surface area contributed by atoms with Crippen LogP contribution in [0.2, 0.25) is 0 Å². The molecule has 1 aromatic heterocycles. The minimum absolute atomic E-state index is 0.0120. The standard InChI is InChI=1S/C26H32N2O6/c1-15(2)28-21(18-11-9-16(3)10-12-18)19(13-17-7-5-4-6-8-17)25(27-28)34-26-24(32)23(31)22(30)20(14-29)33-26/h4-12,15,20,22-24,26,29-32H,13-14H2,1-3H3/t20-,22-,23+,24-,26+/m1/s1. The Labute approximate surface area is 199 Å². The summed E-state index contributed by atoms with van der Waals surface area (Å²) in [6, 6.07) is 18.1. The van der Waals surface area contributed by atoms with Crippen molar-refractivity contribution < 1.29 is 29.9 Å². The molecule has 0 unspecified atom stereocenters. The first-order valence-electron chi connectivity index (χ1n) is 11.5. The van der Waals surface area contributed by atoms with Crippen molar-refractivity contribution in [1.82, 2.24) is 9.78 Å². The van der Waals surface area contributed by atoms with Gasteiger partial charge in [0, 0.05) is 23.6 Å². The molecule has 0 amide bonds. The summed E-state index contributed by atoms with van der Waals surface area (Å²) < 4.78 is 13.5. The van der Waals surface area contributed by atoms with Crippen molar-refractivity contribution in [2.75, 3.05) is 6.61 Å². The Hall–Kier alpha value is -2.75. The maximum atomic E-state index is 10.5. The summed E-state index contributed by atoms with van der Waals surface area (Å²) in [5.41, 5.74) is 4.86. The third-order valence-electron chi connectivity index (χ3n) is 6.09. The predicted octanol–water partition coefficient (Wildman–Crippen LogP) is 2.21. The van der Waals surface area contributed by atoms with Gasteiger partial charge >= 0.3 is 0 Å². The van der Waals surface area contributed by atoms with Gasteiger partial charge in [0.2, 0.25) is 12.2 Å². The number of aliphatic hydroxyl groups is 4. The van der Waals surface area contributed by atoms with Crippen LogP contribution in [0.25, 0.3) is 11.3 Å². The quantitative estimate of drug-likeness (QED) is 0.420. The van der Waals surface area contributed by atoms with Crippen LogP contribution in [-0.2, 0) is 11.2 Å². The first kappa shape index (κ1) is 24.4. The lowest BCUT2D eigenvalue weighted by molar-refractivity contribution is -0.278. The van der Waals surface area contributed by atoms with Crippen LogP contribution >= 0.6 is 0 Å². The molecular formula is C26H32N2O6. The minimum Gasteiger partial charge on any atom is -0.443 e. The van der Waals surface area contributed by atoms with E-state index in [2.05, 4.69) is 0 Å². The first-order valence-corrected chi connectivity index (χ1v) is 11.5. The second-order valence-corrected chi connectivity index (χ2v) is 9.01. The lowest BCUT2D eigenvalue weighted by Gasteiger charge is -2.39. The summed E-state index contributed by atoms with van der Waals surface area (Å²) in [4.78, 5) is 0. The van der Waals surface area contributed by atoms with Gasteiger partial charge in [-0.25, -0.2) is 0 Å². The van der Waals surface area contributed by atoms with Gasteiger partial charge in [-0.2, -0.15) is 0 Å². The molecule has 8 heteroatoms. The summed E-state index contributed by atoms with van der Waals surface area (Å²) in [5.74, 6) is 0.262. The van der Waals surface area contributed by atoms with Gasteiger partial charge in [-0.3, -0.25) is 4.68 Å². The molecule has 4 N–H and O–H groups in total. The average Bonchev–Trinajstić information content (AvgIpc) is 3.18. The lowest BCUT2D eigenvalue weighted by atomic mass is 9.99. The Balaban J connectivity index is 1.80. The molecule has 1 saturated heterocycles. The van der Waals surface area contributed by atoms with Crippen molar-refractivity contribution >= 4 is 0 Å². The smallest absolute Gasteiger partial charge is 0.239 e. The number of aromatic nitrogens is 2. The fraction of sp³-hybridized carbons (Fsp3) is 0.423. The van der Waals surface area contributed by atoms with Gasteiger partial charge < -0.3 is 29.9 Å². The van der Waals surface area contributed by atoms with Crippen molar-refractivity contribution in [3.8, 4) is 17.1 Å². The molecule has 1 aliphatic rings. The van der Waals surface area contributed by atoms with E-state index in [-0.39, 0.29) is 11.9 Å². The van der Waals surface area contributed by atoms with E-state index in [1.165, 1.54) is 0 Å². The van der Waals surface area contributed by atoms with E-state index in [4.69, 9.17) is 14.6 Å². The molecule has 1 fully saturated rings. The Morgan fingerprint density at radius 2 is 1.65 bits per heavy atom.